The van der Waals surface area contributed by atoms with Crippen LogP contribution in [0.1, 0.15) is 26.2 Å². The van der Waals surface area contributed by atoms with Crippen molar-refractivity contribution in [3.05, 3.63) is 0 Å². The maximum Gasteiger partial charge on any atom is 0.217 e. The summed E-state index contributed by atoms with van der Waals surface area (Å²) in [6.45, 7) is 1.55. The van der Waals surface area contributed by atoms with Crippen molar-refractivity contribution in [2.75, 3.05) is 0 Å². The number of carbonyl (C=O) groups excluding carboxylic acids is 1. The first-order valence-corrected chi connectivity index (χ1v) is 4.63. The Morgan fingerprint density at radius 1 is 1.50 bits per heavy atom. The molecule has 1 amide bonds. The number of hydrogen-bond acceptors (Lipinski definition) is 2. The molecule has 12 heavy (non-hydrogen) atoms. The van der Waals surface area contributed by atoms with Crippen molar-refractivity contribution in [1.82, 2.24) is 5.32 Å². The Bertz CT molecular complexity index is 205. The maximum absolute atomic E-state index is 10.8. The van der Waals surface area contributed by atoms with Crippen LogP contribution in [0.3, 0.4) is 0 Å². The monoisotopic (exact) mass is 169 g/mol. The predicted octanol–water partition coefficient (Wildman–Crippen LogP) is 0.282. The van der Waals surface area contributed by atoms with E-state index < -0.39 is 0 Å². The van der Waals surface area contributed by atoms with E-state index in [0.29, 0.717) is 11.8 Å². The van der Waals surface area contributed by atoms with Crippen LogP contribution < -0.4 is 5.32 Å². The maximum atomic E-state index is 10.8. The van der Waals surface area contributed by atoms with Crippen LogP contribution in [0.4, 0.5) is 0 Å². The Hall–Kier alpha value is -0.570. The van der Waals surface area contributed by atoms with E-state index in [0.717, 1.165) is 12.8 Å². The minimum Gasteiger partial charge on any atom is -0.393 e. The van der Waals surface area contributed by atoms with Crippen molar-refractivity contribution in [3.63, 3.8) is 0 Å². The fourth-order valence-corrected chi connectivity index (χ4v) is 2.76. The average Bonchev–Trinajstić information content (AvgIpc) is 2.44. The van der Waals surface area contributed by atoms with Gasteiger partial charge < -0.3 is 10.4 Å². The molecule has 2 saturated carbocycles. The highest BCUT2D eigenvalue weighted by Gasteiger charge is 2.47. The minimum absolute atomic E-state index is 0.0333. The zero-order valence-electron chi connectivity index (χ0n) is 7.29. The first-order chi connectivity index (χ1) is 5.68. The van der Waals surface area contributed by atoms with E-state index in [9.17, 15) is 9.90 Å². The third kappa shape index (κ3) is 1.12. The fraction of sp³-hybridized carbons (Fsp3) is 0.889. The average molecular weight is 169 g/mol. The van der Waals surface area contributed by atoms with Crippen molar-refractivity contribution in [2.45, 2.75) is 38.3 Å². The highest BCUT2D eigenvalue weighted by molar-refractivity contribution is 5.73. The second-order valence-electron chi connectivity index (χ2n) is 4.03. The molecule has 0 radical (unpaired) electrons. The van der Waals surface area contributed by atoms with Crippen LogP contribution in [0.2, 0.25) is 0 Å². The van der Waals surface area contributed by atoms with Gasteiger partial charge in [-0.25, -0.2) is 0 Å². The van der Waals surface area contributed by atoms with Crippen molar-refractivity contribution < 1.29 is 9.90 Å². The number of aliphatic hydroxyl groups is 1. The fourth-order valence-electron chi connectivity index (χ4n) is 2.76. The lowest BCUT2D eigenvalue weighted by atomic mass is 9.98. The van der Waals surface area contributed by atoms with E-state index in [1.54, 1.807) is 6.92 Å². The van der Waals surface area contributed by atoms with Crippen LogP contribution in [-0.2, 0) is 4.79 Å². The molecule has 0 heterocycles. The van der Waals surface area contributed by atoms with E-state index >= 15 is 0 Å². The molecule has 0 spiro atoms. The van der Waals surface area contributed by atoms with Gasteiger partial charge in [0.15, 0.2) is 0 Å². The number of fused-ring (bicyclic) bond motifs is 2. The van der Waals surface area contributed by atoms with Gasteiger partial charge in [-0.05, 0) is 25.2 Å². The Balaban J connectivity index is 2.03. The molecule has 2 rings (SSSR count). The second-order valence-corrected chi connectivity index (χ2v) is 4.03. The van der Waals surface area contributed by atoms with Crippen molar-refractivity contribution in [2.24, 2.45) is 11.8 Å². The van der Waals surface area contributed by atoms with Gasteiger partial charge >= 0.3 is 0 Å². The Kier molecular flexibility index (Phi) is 1.83. The summed E-state index contributed by atoms with van der Waals surface area (Å²) in [4.78, 5) is 10.8. The molecule has 3 nitrogen and oxygen atoms in total. The van der Waals surface area contributed by atoms with E-state index in [1.165, 1.54) is 6.42 Å². The highest BCUT2D eigenvalue weighted by atomic mass is 16.3. The molecule has 0 aromatic carbocycles. The molecule has 0 unspecified atom stereocenters. The molecule has 68 valence electrons. The van der Waals surface area contributed by atoms with Crippen LogP contribution in [0.15, 0.2) is 0 Å². The van der Waals surface area contributed by atoms with Gasteiger partial charge in [0.2, 0.25) is 5.91 Å². The third-order valence-corrected chi connectivity index (χ3v) is 3.25. The molecule has 0 aliphatic heterocycles. The lowest BCUT2D eigenvalue weighted by Gasteiger charge is -2.17. The summed E-state index contributed by atoms with van der Waals surface area (Å²) >= 11 is 0. The van der Waals surface area contributed by atoms with Gasteiger partial charge in [-0.15, -0.1) is 0 Å². The van der Waals surface area contributed by atoms with E-state index in [2.05, 4.69) is 5.32 Å². The molecule has 4 atom stereocenters. The normalized spacial score (nSPS) is 44.8. The summed E-state index contributed by atoms with van der Waals surface area (Å²) in [5, 5.41) is 12.5. The summed E-state index contributed by atoms with van der Waals surface area (Å²) in [6, 6.07) is 0.262. The van der Waals surface area contributed by atoms with Crippen LogP contribution >= 0.6 is 0 Å². The number of rotatable bonds is 1. The quantitative estimate of drug-likeness (QED) is 0.592. The first-order valence-electron chi connectivity index (χ1n) is 4.63. The molecular weight excluding hydrogens is 154 g/mol. The number of aliphatic hydroxyl groups excluding tert-OH is 1. The summed E-state index contributed by atoms with van der Waals surface area (Å²) in [6.07, 6.45) is 2.97. The van der Waals surface area contributed by atoms with Crippen molar-refractivity contribution in [1.29, 1.82) is 0 Å². The van der Waals surface area contributed by atoms with Crippen LogP contribution in [0.25, 0.3) is 0 Å². The van der Waals surface area contributed by atoms with Gasteiger partial charge in [-0.2, -0.15) is 0 Å². The van der Waals surface area contributed by atoms with Gasteiger partial charge in [0.25, 0.3) is 0 Å². The number of amides is 1. The number of nitrogens with one attached hydrogen (secondary N) is 1. The molecular formula is C9H15NO2. The van der Waals surface area contributed by atoms with E-state index in [4.69, 9.17) is 0 Å². The number of carbonyl (C=O) groups is 1. The Morgan fingerprint density at radius 2 is 2.25 bits per heavy atom. The standard InChI is InChI=1S/C9H15NO2/c1-5(11)10-9-6-2-3-7(9)8(12)4-6/h6-9,12H,2-4H2,1H3,(H,10,11)/t6-,7+,8-,9+/m1/s1. The van der Waals surface area contributed by atoms with Gasteiger partial charge in [-0.1, -0.05) is 0 Å². The Morgan fingerprint density at radius 3 is 2.67 bits per heavy atom. The largest absolute Gasteiger partial charge is 0.393 e. The molecule has 2 aliphatic carbocycles. The summed E-state index contributed by atoms with van der Waals surface area (Å²) in [5.41, 5.74) is 0. The van der Waals surface area contributed by atoms with Gasteiger partial charge in [0.1, 0.15) is 0 Å². The van der Waals surface area contributed by atoms with Crippen molar-refractivity contribution >= 4 is 5.91 Å². The van der Waals surface area contributed by atoms with Gasteiger partial charge in [-0.3, -0.25) is 4.79 Å². The zero-order valence-corrected chi connectivity index (χ0v) is 7.29. The van der Waals surface area contributed by atoms with E-state index in [1.807, 2.05) is 0 Å². The predicted molar refractivity (Wildman–Crippen MR) is 44.4 cm³/mol. The Labute approximate surface area is 72.2 Å². The lowest BCUT2D eigenvalue weighted by Crippen LogP contribution is -2.37. The lowest BCUT2D eigenvalue weighted by molar-refractivity contribution is -0.120. The molecule has 2 fully saturated rings. The second kappa shape index (κ2) is 2.73. The highest BCUT2D eigenvalue weighted by Crippen LogP contribution is 2.44. The molecule has 0 aromatic rings. The smallest absolute Gasteiger partial charge is 0.217 e. The number of hydrogen-bond donors (Lipinski definition) is 2. The zero-order chi connectivity index (χ0) is 8.72. The van der Waals surface area contributed by atoms with Crippen molar-refractivity contribution in [3.8, 4) is 0 Å². The van der Waals surface area contributed by atoms with Crippen LogP contribution in [-0.4, -0.2) is 23.2 Å². The molecule has 0 aromatic heterocycles. The third-order valence-electron chi connectivity index (χ3n) is 3.25. The summed E-state index contributed by atoms with van der Waals surface area (Å²) < 4.78 is 0. The summed E-state index contributed by atoms with van der Waals surface area (Å²) in [5.74, 6) is 0.902. The molecule has 2 bridgehead atoms. The van der Waals surface area contributed by atoms with Gasteiger partial charge in [0.05, 0.1) is 6.10 Å². The first kappa shape index (κ1) is 8.05. The van der Waals surface area contributed by atoms with E-state index in [-0.39, 0.29) is 18.1 Å². The molecule has 3 heteroatoms. The van der Waals surface area contributed by atoms with Crippen LogP contribution in [0, 0.1) is 11.8 Å². The topological polar surface area (TPSA) is 49.3 Å². The molecule has 0 saturated heterocycles. The molecule has 2 aliphatic rings. The van der Waals surface area contributed by atoms with Crippen LogP contribution in [0.5, 0.6) is 0 Å². The molecule has 2 N–H and O–H groups in total. The van der Waals surface area contributed by atoms with Gasteiger partial charge in [0, 0.05) is 18.9 Å². The minimum atomic E-state index is -0.166. The SMILES string of the molecule is CC(=O)N[C@H]1[C@@H]2CC[C@H]1[C@H](O)C2. The summed E-state index contributed by atoms with van der Waals surface area (Å²) in [7, 11) is 0.